The molecule has 2 aromatic carbocycles. The fraction of sp³-hybridized carbons (Fsp3) is 0.559. The van der Waals surface area contributed by atoms with Crippen LogP contribution in [0.25, 0.3) is 0 Å². The summed E-state index contributed by atoms with van der Waals surface area (Å²) in [4.78, 5) is 16.0. The van der Waals surface area contributed by atoms with Crippen LogP contribution in [0.2, 0.25) is 5.02 Å². The van der Waals surface area contributed by atoms with Gasteiger partial charge in [0, 0.05) is 34.3 Å². The van der Waals surface area contributed by atoms with Crippen LogP contribution in [0.4, 0.5) is 5.69 Å². The fourth-order valence-electron chi connectivity index (χ4n) is 8.25. The number of hydrogen-bond donors (Lipinski definition) is 2. The predicted molar refractivity (Wildman–Crippen MR) is 167 cm³/mol. The summed E-state index contributed by atoms with van der Waals surface area (Å²) in [7, 11) is 0. The van der Waals surface area contributed by atoms with Gasteiger partial charge in [-0.3, -0.25) is 9.52 Å². The van der Waals surface area contributed by atoms with Gasteiger partial charge in [-0.25, -0.2) is 0 Å². The van der Waals surface area contributed by atoms with Gasteiger partial charge >= 0.3 is 0 Å². The van der Waals surface area contributed by atoms with Crippen LogP contribution in [0.15, 0.2) is 48.6 Å². The first-order chi connectivity index (χ1) is 19.8. The molecule has 6 atom stereocenters. The minimum absolute atomic E-state index is 0.0387. The highest BCUT2D eigenvalue weighted by Crippen LogP contribution is 2.49. The molecule has 0 radical (unpaired) electrons. The van der Waals surface area contributed by atoms with E-state index < -0.39 is 6.10 Å². The highest BCUT2D eigenvalue weighted by molar-refractivity contribution is 7.98. The summed E-state index contributed by atoms with van der Waals surface area (Å²) < 4.78 is 9.83. The Labute approximate surface area is 253 Å². The van der Waals surface area contributed by atoms with Gasteiger partial charge in [0.2, 0.25) is 0 Å². The molecule has 7 heteroatoms. The molecular formula is C34H41ClN2O3S. The minimum Gasteiger partial charge on any atom is -0.490 e. The van der Waals surface area contributed by atoms with E-state index in [0.717, 1.165) is 80.9 Å². The number of carbonyl (C=O) groups excluding carboxylic acids is 1. The van der Waals surface area contributed by atoms with Crippen molar-refractivity contribution in [3.05, 3.63) is 70.3 Å². The van der Waals surface area contributed by atoms with Gasteiger partial charge in [0.15, 0.2) is 0 Å². The molecule has 2 saturated carbocycles. The van der Waals surface area contributed by atoms with Crippen LogP contribution in [0, 0.1) is 17.3 Å². The van der Waals surface area contributed by atoms with E-state index in [4.69, 9.17) is 16.3 Å². The smallest absolute Gasteiger partial charge is 0.261 e. The molecule has 5 aliphatic rings. The van der Waals surface area contributed by atoms with Crippen molar-refractivity contribution in [2.75, 3.05) is 24.6 Å². The Kier molecular flexibility index (Phi) is 7.32. The molecule has 1 amide bonds. The number of rotatable bonds is 0. The van der Waals surface area contributed by atoms with E-state index in [0.29, 0.717) is 23.3 Å². The summed E-state index contributed by atoms with van der Waals surface area (Å²) in [6, 6.07) is 12.3. The van der Waals surface area contributed by atoms with Gasteiger partial charge in [-0.05, 0) is 122 Å². The van der Waals surface area contributed by atoms with Crippen molar-refractivity contribution >= 4 is 35.1 Å². The number of ether oxygens (including phenoxy) is 1. The standard InChI is InChI=1S/C34H41ClN2O3S/c1-33-14-3-6-29(38)26-11-8-24(26)19-37-20-34(16-2-5-22-17-25(35)10-12-27(22)34)21-40-30-13-9-23(18-28(30)37)32(39)36-41-31(33)7-4-15-33/h3,6,9-10,12-13,17-18,24,26,29,31,38H,2,4-5,7-8,11,14-16,19-21H2,1H3,(H,36,39)/b6-3-/t24-,26+,29-,31+,33-,34-/m0/s1. The maximum absolute atomic E-state index is 13.5. The van der Waals surface area contributed by atoms with Crippen LogP contribution in [-0.2, 0) is 11.8 Å². The van der Waals surface area contributed by atoms with E-state index in [-0.39, 0.29) is 22.7 Å². The van der Waals surface area contributed by atoms with E-state index >= 15 is 0 Å². The van der Waals surface area contributed by atoms with E-state index in [1.807, 2.05) is 24.3 Å². The number of amides is 1. The SMILES string of the molecule is C[C@@]12C/C=C\[C@H](O)[C@@H]3CC[C@H]3CN3C[C@@]4(CCCc5cc(Cl)ccc54)COc4ccc(cc43)C(=O)NS[C@@H]1CCC2. The highest BCUT2D eigenvalue weighted by atomic mass is 35.5. The van der Waals surface area contributed by atoms with Gasteiger partial charge in [-0.15, -0.1) is 0 Å². The number of nitrogens with zero attached hydrogens (tertiary/aromatic N) is 1. The number of aliphatic hydroxyl groups is 1. The molecule has 0 aromatic heterocycles. The zero-order chi connectivity index (χ0) is 28.2. The predicted octanol–water partition coefficient (Wildman–Crippen LogP) is 7.10. The third-order valence-electron chi connectivity index (χ3n) is 10.9. The Balaban J connectivity index is 1.27. The normalized spacial score (nSPS) is 35.7. The topological polar surface area (TPSA) is 61.8 Å². The van der Waals surface area contributed by atoms with Gasteiger partial charge in [-0.2, -0.15) is 0 Å². The van der Waals surface area contributed by atoms with Crippen molar-refractivity contribution in [3.63, 3.8) is 0 Å². The third-order valence-corrected chi connectivity index (χ3v) is 12.5. The van der Waals surface area contributed by atoms with Crippen molar-refractivity contribution in [3.8, 4) is 5.75 Å². The lowest BCUT2D eigenvalue weighted by Gasteiger charge is -2.45. The van der Waals surface area contributed by atoms with Crippen LogP contribution < -0.4 is 14.4 Å². The molecule has 41 heavy (non-hydrogen) atoms. The Morgan fingerprint density at radius 3 is 2.88 bits per heavy atom. The zero-order valence-electron chi connectivity index (χ0n) is 23.9. The largest absolute Gasteiger partial charge is 0.490 e. The first kappa shape index (κ1) is 27.7. The van der Waals surface area contributed by atoms with E-state index in [9.17, 15) is 9.90 Å². The Hall–Kier alpha value is -2.15. The Morgan fingerprint density at radius 2 is 2.02 bits per heavy atom. The molecule has 2 aliphatic heterocycles. The zero-order valence-corrected chi connectivity index (χ0v) is 25.5. The van der Waals surface area contributed by atoms with Crippen LogP contribution in [0.3, 0.4) is 0 Å². The summed E-state index contributed by atoms with van der Waals surface area (Å²) in [5.41, 5.74) is 4.31. The lowest BCUT2D eigenvalue weighted by atomic mass is 9.68. The number of hydrogen-bond acceptors (Lipinski definition) is 5. The number of aliphatic hydroxyl groups excluding tert-OH is 1. The Bertz CT molecular complexity index is 1370. The summed E-state index contributed by atoms with van der Waals surface area (Å²) in [5, 5.41) is 12.4. The molecule has 5 nitrogen and oxygen atoms in total. The molecule has 2 heterocycles. The maximum atomic E-state index is 13.5. The molecule has 1 spiro atoms. The first-order valence-electron chi connectivity index (χ1n) is 15.5. The summed E-state index contributed by atoms with van der Waals surface area (Å²) in [5.74, 6) is 1.45. The van der Waals surface area contributed by atoms with E-state index in [2.05, 4.69) is 40.8 Å². The first-order valence-corrected chi connectivity index (χ1v) is 16.7. The summed E-state index contributed by atoms with van der Waals surface area (Å²) in [6.45, 7) is 4.60. The van der Waals surface area contributed by atoms with Gasteiger partial charge in [0.05, 0.1) is 18.4 Å². The molecule has 218 valence electrons. The van der Waals surface area contributed by atoms with Crippen molar-refractivity contribution < 1.29 is 14.6 Å². The molecule has 0 unspecified atom stereocenters. The molecule has 3 aliphatic carbocycles. The minimum atomic E-state index is -0.419. The van der Waals surface area contributed by atoms with Gasteiger partial charge in [0.1, 0.15) is 5.75 Å². The second-order valence-electron chi connectivity index (χ2n) is 13.5. The van der Waals surface area contributed by atoms with E-state index in [1.165, 1.54) is 17.5 Å². The fourth-order valence-corrected chi connectivity index (χ4v) is 9.59. The van der Waals surface area contributed by atoms with Gasteiger partial charge < -0.3 is 14.7 Å². The number of benzene rings is 2. The number of anilines is 1. The summed E-state index contributed by atoms with van der Waals surface area (Å²) in [6.07, 6.45) is 13.6. The van der Waals surface area contributed by atoms with Crippen molar-refractivity contribution in [2.45, 2.75) is 81.5 Å². The molecule has 2 aromatic rings. The monoisotopic (exact) mass is 592 g/mol. The van der Waals surface area contributed by atoms with Crippen molar-refractivity contribution in [1.29, 1.82) is 0 Å². The lowest BCUT2D eigenvalue weighted by Crippen LogP contribution is -2.49. The number of aryl methyl sites for hydroxylation is 1. The molecule has 0 saturated heterocycles. The molecule has 2 fully saturated rings. The van der Waals surface area contributed by atoms with Gasteiger partial charge in [0.25, 0.3) is 5.91 Å². The third kappa shape index (κ3) is 5.08. The van der Waals surface area contributed by atoms with Crippen LogP contribution >= 0.6 is 23.5 Å². The number of carbonyl (C=O) groups is 1. The number of allylic oxidation sites excluding steroid dienone is 1. The molecule has 7 rings (SSSR count). The second kappa shape index (κ2) is 10.8. The van der Waals surface area contributed by atoms with Crippen molar-refractivity contribution in [2.24, 2.45) is 17.3 Å². The number of halogens is 1. The maximum Gasteiger partial charge on any atom is 0.261 e. The number of fused-ring (bicyclic) bond motifs is 5. The quantitative estimate of drug-likeness (QED) is 0.252. The van der Waals surface area contributed by atoms with Crippen LogP contribution in [-0.4, -0.2) is 42.1 Å². The summed E-state index contributed by atoms with van der Waals surface area (Å²) >= 11 is 8.01. The molecule has 2 N–H and O–H groups in total. The van der Waals surface area contributed by atoms with Crippen LogP contribution in [0.5, 0.6) is 5.75 Å². The molecule has 2 bridgehead atoms. The van der Waals surface area contributed by atoms with Gasteiger partial charge in [-0.1, -0.05) is 43.2 Å². The molecular weight excluding hydrogens is 552 g/mol. The Morgan fingerprint density at radius 1 is 1.12 bits per heavy atom. The average Bonchev–Trinajstić information content (AvgIpc) is 3.23. The average molecular weight is 593 g/mol. The second-order valence-corrected chi connectivity index (χ2v) is 14.9. The van der Waals surface area contributed by atoms with Crippen LogP contribution in [0.1, 0.15) is 79.8 Å². The lowest BCUT2D eigenvalue weighted by molar-refractivity contribution is 0.0455. The van der Waals surface area contributed by atoms with Crippen molar-refractivity contribution in [1.82, 2.24) is 4.72 Å². The number of nitrogens with one attached hydrogen (secondary N) is 1. The van der Waals surface area contributed by atoms with E-state index in [1.54, 1.807) is 11.9 Å². The highest BCUT2D eigenvalue weighted by Gasteiger charge is 2.44.